The number of hydrogen-bond acceptors (Lipinski definition) is 5. The molecule has 18 heavy (non-hydrogen) atoms. The van der Waals surface area contributed by atoms with Gasteiger partial charge in [0.15, 0.2) is 0 Å². The number of para-hydroxylation sites is 1. The summed E-state index contributed by atoms with van der Waals surface area (Å²) in [4.78, 5) is 13.7. The van der Waals surface area contributed by atoms with E-state index in [2.05, 4.69) is 4.99 Å². The van der Waals surface area contributed by atoms with E-state index >= 15 is 0 Å². The Hall–Kier alpha value is -0.730. The number of hydrogen-bond donors (Lipinski definition) is 1. The third-order valence-corrected chi connectivity index (χ3v) is 2.69. The molecule has 0 fully saturated rings. The second-order valence-corrected chi connectivity index (χ2v) is 4.72. The minimum atomic E-state index is -4.44. The van der Waals surface area contributed by atoms with Crippen LogP contribution < -0.4 is 34.7 Å². The third kappa shape index (κ3) is 5.28. The van der Waals surface area contributed by atoms with Gasteiger partial charge in [-0.2, -0.15) is 8.42 Å². The zero-order chi connectivity index (χ0) is 13.1. The van der Waals surface area contributed by atoms with Crippen molar-refractivity contribution in [2.75, 3.05) is 0 Å². The Morgan fingerprint density at radius 3 is 2.44 bits per heavy atom. The van der Waals surface area contributed by atoms with E-state index in [1.165, 1.54) is 25.1 Å². The molecular weight excluding hydrogens is 269 g/mol. The summed E-state index contributed by atoms with van der Waals surface area (Å²) in [6, 6.07) is 5.24. The Morgan fingerprint density at radius 2 is 1.94 bits per heavy atom. The fourth-order valence-electron chi connectivity index (χ4n) is 1.15. The van der Waals surface area contributed by atoms with Gasteiger partial charge in [-0.3, -0.25) is 14.3 Å². The van der Waals surface area contributed by atoms with Crippen LogP contribution in [-0.2, 0) is 14.9 Å². The van der Waals surface area contributed by atoms with E-state index < -0.39 is 27.3 Å². The second kappa shape index (κ2) is 7.01. The second-order valence-electron chi connectivity index (χ2n) is 3.33. The minimum absolute atomic E-state index is 0. The molecule has 0 radical (unpaired) electrons. The Labute approximate surface area is 127 Å². The van der Waals surface area contributed by atoms with Gasteiger partial charge in [-0.1, -0.05) is 12.1 Å². The van der Waals surface area contributed by atoms with Crippen molar-refractivity contribution < 1.29 is 52.4 Å². The normalized spacial score (nSPS) is 11.8. The number of Topliss-reactive ketones (excluding diaryl/α,β-unsaturated/α-hetero) is 1. The van der Waals surface area contributed by atoms with Gasteiger partial charge in [0.1, 0.15) is 10.7 Å². The van der Waals surface area contributed by atoms with Crippen molar-refractivity contribution in [1.29, 1.82) is 0 Å². The summed E-state index contributed by atoms with van der Waals surface area (Å²) in [6.45, 7) is 1.22. The largest absolute Gasteiger partial charge is 1.00 e. The van der Waals surface area contributed by atoms with Crippen molar-refractivity contribution in [2.45, 2.75) is 18.2 Å². The van der Waals surface area contributed by atoms with Crippen molar-refractivity contribution in [2.24, 2.45) is 4.99 Å². The molecule has 0 amide bonds. The Balaban J connectivity index is 0.00000289. The molecule has 0 aliphatic carbocycles. The van der Waals surface area contributed by atoms with E-state index in [9.17, 15) is 18.3 Å². The molecule has 1 rings (SSSR count). The van der Waals surface area contributed by atoms with Crippen LogP contribution in [0.3, 0.4) is 0 Å². The molecule has 92 valence electrons. The first kappa shape index (κ1) is 17.3. The molecule has 1 N–H and O–H groups in total. The molecular formula is C10H10NNaO5S. The van der Waals surface area contributed by atoms with Crippen LogP contribution in [0.1, 0.15) is 13.3 Å². The van der Waals surface area contributed by atoms with Crippen LogP contribution in [0.5, 0.6) is 0 Å². The zero-order valence-corrected chi connectivity index (χ0v) is 12.8. The summed E-state index contributed by atoms with van der Waals surface area (Å²) >= 11 is 0. The fraction of sp³-hybridized carbons (Fsp3) is 0.200. The first-order chi connectivity index (χ1) is 7.80. The molecule has 1 aromatic rings. The molecule has 0 saturated heterocycles. The first-order valence-electron chi connectivity index (χ1n) is 4.61. The van der Waals surface area contributed by atoms with E-state index in [0.29, 0.717) is 0 Å². The summed E-state index contributed by atoms with van der Waals surface area (Å²) in [5.74, 6) is -1.13. The molecule has 0 heterocycles. The number of aliphatic imine (C=N–C) groups is 1. The molecule has 0 aliphatic rings. The molecule has 8 heteroatoms. The first-order valence-corrected chi connectivity index (χ1v) is 6.05. The van der Waals surface area contributed by atoms with Crippen LogP contribution in [-0.4, -0.2) is 24.7 Å². The van der Waals surface area contributed by atoms with Gasteiger partial charge in [0.05, 0.1) is 5.69 Å². The molecule has 0 bridgehead atoms. The number of benzene rings is 1. The Kier molecular flexibility index (Phi) is 6.72. The van der Waals surface area contributed by atoms with Crippen LogP contribution in [0.4, 0.5) is 5.69 Å². The van der Waals surface area contributed by atoms with Crippen LogP contribution in [0.15, 0.2) is 34.2 Å². The molecule has 0 aromatic heterocycles. The van der Waals surface area contributed by atoms with Gasteiger partial charge in [-0.25, -0.2) is 0 Å². The quantitative estimate of drug-likeness (QED) is 0.279. The molecule has 0 aliphatic heterocycles. The van der Waals surface area contributed by atoms with E-state index in [1.54, 1.807) is 0 Å². The Morgan fingerprint density at radius 1 is 1.39 bits per heavy atom. The van der Waals surface area contributed by atoms with Gasteiger partial charge in [-0.15, -0.1) is 0 Å². The number of ketones is 1. The average molecular weight is 279 g/mol. The standard InChI is InChI=1S/C10H11NO5S.Na/c1-7(12)6-10(13)11-8-4-2-3-5-9(8)17(14,15)16;/h2-5H,6H2,1H3,(H,11,13)(H,14,15,16);/q;+1/p-1. The topological polar surface area (TPSA) is 107 Å². The van der Waals surface area contributed by atoms with E-state index in [-0.39, 0.29) is 41.0 Å². The maximum Gasteiger partial charge on any atom is 1.00 e. The van der Waals surface area contributed by atoms with Crippen LogP contribution in [0.25, 0.3) is 0 Å². The number of carbonyl (C=O) groups excluding carboxylic acids is 1. The minimum Gasteiger partial charge on any atom is -0.861 e. The number of rotatable bonds is 4. The summed E-state index contributed by atoms with van der Waals surface area (Å²) < 4.78 is 30.8. The van der Waals surface area contributed by atoms with Crippen molar-refractivity contribution in [3.8, 4) is 0 Å². The van der Waals surface area contributed by atoms with E-state index in [4.69, 9.17) is 4.55 Å². The van der Waals surface area contributed by atoms with Crippen LogP contribution in [0.2, 0.25) is 0 Å². The van der Waals surface area contributed by atoms with Gasteiger partial charge in [0, 0.05) is 6.42 Å². The molecule has 0 atom stereocenters. The van der Waals surface area contributed by atoms with E-state index in [0.717, 1.165) is 6.07 Å². The summed E-state index contributed by atoms with van der Waals surface area (Å²) in [5, 5.41) is 11.2. The SMILES string of the molecule is CC(=O)CC([O-])=Nc1ccccc1S(=O)(=O)O.[Na+]. The molecule has 0 saturated carbocycles. The summed E-state index contributed by atoms with van der Waals surface area (Å²) in [6.07, 6.45) is -0.403. The predicted octanol–water partition coefficient (Wildman–Crippen LogP) is -2.69. The molecule has 0 unspecified atom stereocenters. The van der Waals surface area contributed by atoms with Crippen LogP contribution >= 0.6 is 0 Å². The average Bonchev–Trinajstić information content (AvgIpc) is 2.15. The van der Waals surface area contributed by atoms with Crippen molar-refractivity contribution in [3.63, 3.8) is 0 Å². The monoisotopic (exact) mass is 279 g/mol. The molecule has 1 aromatic carbocycles. The maximum atomic E-state index is 11.2. The number of carbonyl (C=O) groups is 1. The summed E-state index contributed by atoms with van der Waals surface area (Å²) in [7, 11) is -4.44. The molecule has 0 spiro atoms. The molecule has 6 nitrogen and oxygen atoms in total. The van der Waals surface area contributed by atoms with Crippen molar-refractivity contribution >= 4 is 27.5 Å². The van der Waals surface area contributed by atoms with Gasteiger partial charge in [0.25, 0.3) is 10.1 Å². The van der Waals surface area contributed by atoms with Gasteiger partial charge >= 0.3 is 29.6 Å². The van der Waals surface area contributed by atoms with Crippen LogP contribution in [0, 0.1) is 0 Å². The van der Waals surface area contributed by atoms with Crippen molar-refractivity contribution in [3.05, 3.63) is 24.3 Å². The van der Waals surface area contributed by atoms with Gasteiger partial charge < -0.3 is 5.11 Å². The van der Waals surface area contributed by atoms with Gasteiger partial charge in [-0.05, 0) is 25.0 Å². The number of nitrogens with zero attached hydrogens (tertiary/aromatic N) is 1. The van der Waals surface area contributed by atoms with Gasteiger partial charge in [0.2, 0.25) is 0 Å². The van der Waals surface area contributed by atoms with Crippen molar-refractivity contribution in [1.82, 2.24) is 0 Å². The summed E-state index contributed by atoms with van der Waals surface area (Å²) in [5.41, 5.74) is -0.179. The fourth-order valence-corrected chi connectivity index (χ4v) is 1.78. The van der Waals surface area contributed by atoms with E-state index in [1.807, 2.05) is 0 Å². The Bertz CT molecular complexity index is 567. The zero-order valence-electron chi connectivity index (χ0n) is 9.95. The predicted molar refractivity (Wildman–Crippen MR) is 58.6 cm³/mol. The smallest absolute Gasteiger partial charge is 0.861 e. The third-order valence-electron chi connectivity index (χ3n) is 1.79. The maximum absolute atomic E-state index is 11.2.